The Morgan fingerprint density at radius 1 is 1.46 bits per heavy atom. The molecule has 0 saturated heterocycles. The van der Waals surface area contributed by atoms with Crippen molar-refractivity contribution in [3.8, 4) is 0 Å². The molecule has 1 unspecified atom stereocenters. The number of carboxylic acid groups (broad SMARTS) is 1. The van der Waals surface area contributed by atoms with Crippen LogP contribution >= 0.6 is 0 Å². The SMILES string of the molecule is CC1(C(=O)O)N=Nc2ccccc21. The summed E-state index contributed by atoms with van der Waals surface area (Å²) in [6.07, 6.45) is 0. The Labute approximate surface area is 74.9 Å². The van der Waals surface area contributed by atoms with Gasteiger partial charge in [0, 0.05) is 5.56 Å². The van der Waals surface area contributed by atoms with Gasteiger partial charge < -0.3 is 5.11 Å². The predicted molar refractivity (Wildman–Crippen MR) is 45.9 cm³/mol. The highest BCUT2D eigenvalue weighted by Crippen LogP contribution is 2.39. The number of fused-ring (bicyclic) bond motifs is 1. The summed E-state index contributed by atoms with van der Waals surface area (Å²) < 4.78 is 0. The molecule has 0 amide bonds. The maximum Gasteiger partial charge on any atom is 0.338 e. The Bertz CT molecular complexity index is 400. The number of carbonyl (C=O) groups is 1. The van der Waals surface area contributed by atoms with Crippen LogP contribution in [0.3, 0.4) is 0 Å². The summed E-state index contributed by atoms with van der Waals surface area (Å²) in [5, 5.41) is 16.5. The number of azo groups is 1. The molecule has 0 saturated carbocycles. The van der Waals surface area contributed by atoms with E-state index in [1.807, 2.05) is 6.07 Å². The Morgan fingerprint density at radius 2 is 2.15 bits per heavy atom. The van der Waals surface area contributed by atoms with Crippen LogP contribution < -0.4 is 0 Å². The van der Waals surface area contributed by atoms with E-state index in [0.29, 0.717) is 11.3 Å². The van der Waals surface area contributed by atoms with Crippen molar-refractivity contribution in [3.05, 3.63) is 29.8 Å². The van der Waals surface area contributed by atoms with Crippen molar-refractivity contribution in [1.82, 2.24) is 0 Å². The lowest BCUT2D eigenvalue weighted by molar-refractivity contribution is -0.142. The molecule has 1 aromatic carbocycles. The minimum Gasteiger partial charge on any atom is -0.479 e. The number of benzene rings is 1. The third-order valence-corrected chi connectivity index (χ3v) is 2.20. The van der Waals surface area contributed by atoms with Crippen LogP contribution in [0.25, 0.3) is 0 Å². The van der Waals surface area contributed by atoms with Crippen LogP contribution in [0.2, 0.25) is 0 Å². The van der Waals surface area contributed by atoms with E-state index in [1.54, 1.807) is 25.1 Å². The highest BCUT2D eigenvalue weighted by atomic mass is 16.4. The first-order valence-electron chi connectivity index (χ1n) is 3.90. The number of nitrogens with zero attached hydrogens (tertiary/aromatic N) is 2. The molecule has 66 valence electrons. The van der Waals surface area contributed by atoms with Crippen LogP contribution in [0.15, 0.2) is 34.5 Å². The van der Waals surface area contributed by atoms with Crippen molar-refractivity contribution in [2.45, 2.75) is 12.5 Å². The molecule has 13 heavy (non-hydrogen) atoms. The Kier molecular flexibility index (Phi) is 1.45. The molecule has 1 aromatic rings. The molecule has 0 aliphatic carbocycles. The molecule has 0 bridgehead atoms. The Morgan fingerprint density at radius 3 is 2.85 bits per heavy atom. The number of rotatable bonds is 1. The fraction of sp³-hybridized carbons (Fsp3) is 0.222. The number of hydrogen-bond donors (Lipinski definition) is 1. The molecule has 1 heterocycles. The first-order valence-corrected chi connectivity index (χ1v) is 3.90. The van der Waals surface area contributed by atoms with Crippen LogP contribution in [-0.4, -0.2) is 11.1 Å². The Hall–Kier alpha value is -1.71. The summed E-state index contributed by atoms with van der Waals surface area (Å²) in [5.41, 5.74) is 0.103. The molecule has 1 atom stereocenters. The van der Waals surface area contributed by atoms with Gasteiger partial charge in [0.2, 0.25) is 5.54 Å². The minimum absolute atomic E-state index is 0.646. The zero-order chi connectivity index (χ0) is 9.47. The maximum atomic E-state index is 10.9. The molecule has 1 aliphatic heterocycles. The van der Waals surface area contributed by atoms with Gasteiger partial charge >= 0.3 is 5.97 Å². The molecule has 0 aromatic heterocycles. The van der Waals surface area contributed by atoms with Crippen LogP contribution in [0.4, 0.5) is 5.69 Å². The molecule has 1 aliphatic rings. The average molecular weight is 176 g/mol. The third-order valence-electron chi connectivity index (χ3n) is 2.20. The van der Waals surface area contributed by atoms with E-state index in [1.165, 1.54) is 0 Å². The highest BCUT2D eigenvalue weighted by molar-refractivity contribution is 5.83. The summed E-state index contributed by atoms with van der Waals surface area (Å²) in [6, 6.07) is 7.10. The van der Waals surface area contributed by atoms with E-state index < -0.39 is 11.5 Å². The van der Waals surface area contributed by atoms with Crippen LogP contribution in [0.1, 0.15) is 12.5 Å². The molecular weight excluding hydrogens is 168 g/mol. The highest BCUT2D eigenvalue weighted by Gasteiger charge is 2.40. The zero-order valence-electron chi connectivity index (χ0n) is 7.06. The Balaban J connectivity index is 2.61. The summed E-state index contributed by atoms with van der Waals surface area (Å²) in [6.45, 7) is 1.55. The van der Waals surface area contributed by atoms with Gasteiger partial charge in [-0.1, -0.05) is 18.2 Å². The van der Waals surface area contributed by atoms with E-state index in [-0.39, 0.29) is 0 Å². The standard InChI is InChI=1S/C9H8N2O2/c1-9(8(12)13)6-4-2-3-5-7(6)10-11-9/h2-5H,1H3,(H,12,13). The molecule has 4 heteroatoms. The van der Waals surface area contributed by atoms with Crippen molar-refractivity contribution < 1.29 is 9.90 Å². The second kappa shape index (κ2) is 2.39. The van der Waals surface area contributed by atoms with Crippen molar-refractivity contribution >= 4 is 11.7 Å². The van der Waals surface area contributed by atoms with Gasteiger partial charge in [-0.2, -0.15) is 10.2 Å². The maximum absolute atomic E-state index is 10.9. The molecule has 0 spiro atoms. The zero-order valence-corrected chi connectivity index (χ0v) is 7.06. The fourth-order valence-corrected chi connectivity index (χ4v) is 1.34. The summed E-state index contributed by atoms with van der Waals surface area (Å²) >= 11 is 0. The lowest BCUT2D eigenvalue weighted by Crippen LogP contribution is -2.27. The lowest BCUT2D eigenvalue weighted by atomic mass is 9.93. The molecule has 0 radical (unpaired) electrons. The van der Waals surface area contributed by atoms with Gasteiger partial charge in [0.15, 0.2) is 0 Å². The van der Waals surface area contributed by atoms with Crippen LogP contribution in [0.5, 0.6) is 0 Å². The second-order valence-electron chi connectivity index (χ2n) is 3.09. The molecule has 4 nitrogen and oxygen atoms in total. The van der Waals surface area contributed by atoms with Gasteiger partial charge in [-0.05, 0) is 13.0 Å². The second-order valence-corrected chi connectivity index (χ2v) is 3.09. The minimum atomic E-state index is -1.20. The lowest BCUT2D eigenvalue weighted by Gasteiger charge is -2.13. The molecule has 0 fully saturated rings. The summed E-state index contributed by atoms with van der Waals surface area (Å²) in [5.74, 6) is -0.971. The fourth-order valence-electron chi connectivity index (χ4n) is 1.34. The largest absolute Gasteiger partial charge is 0.479 e. The first kappa shape index (κ1) is 7.91. The number of carboxylic acids is 1. The quantitative estimate of drug-likeness (QED) is 0.712. The van der Waals surface area contributed by atoms with Gasteiger partial charge in [-0.25, -0.2) is 4.79 Å². The van der Waals surface area contributed by atoms with Crippen molar-refractivity contribution in [2.24, 2.45) is 10.2 Å². The average Bonchev–Trinajstić information content (AvgIpc) is 2.47. The number of aliphatic carboxylic acids is 1. The number of hydrogen-bond acceptors (Lipinski definition) is 3. The normalized spacial score (nSPS) is 24.4. The van der Waals surface area contributed by atoms with Gasteiger partial charge in [0.1, 0.15) is 0 Å². The van der Waals surface area contributed by atoms with Gasteiger partial charge in [0.05, 0.1) is 5.69 Å². The molecule has 1 N–H and O–H groups in total. The van der Waals surface area contributed by atoms with E-state index >= 15 is 0 Å². The summed E-state index contributed by atoms with van der Waals surface area (Å²) in [7, 11) is 0. The van der Waals surface area contributed by atoms with Gasteiger partial charge in [-0.3, -0.25) is 0 Å². The van der Waals surface area contributed by atoms with Crippen molar-refractivity contribution in [3.63, 3.8) is 0 Å². The molecule has 2 rings (SSSR count). The van der Waals surface area contributed by atoms with E-state index in [9.17, 15) is 4.79 Å². The van der Waals surface area contributed by atoms with E-state index in [2.05, 4.69) is 10.2 Å². The smallest absolute Gasteiger partial charge is 0.338 e. The van der Waals surface area contributed by atoms with Crippen LogP contribution in [0, 0.1) is 0 Å². The third kappa shape index (κ3) is 0.950. The van der Waals surface area contributed by atoms with E-state index in [0.717, 1.165) is 0 Å². The molecular formula is C9H8N2O2. The van der Waals surface area contributed by atoms with E-state index in [4.69, 9.17) is 5.11 Å². The summed E-state index contributed by atoms with van der Waals surface area (Å²) in [4.78, 5) is 10.9. The monoisotopic (exact) mass is 176 g/mol. The first-order chi connectivity index (χ1) is 6.14. The predicted octanol–water partition coefficient (Wildman–Crippen LogP) is 2.08. The van der Waals surface area contributed by atoms with Gasteiger partial charge in [-0.15, -0.1) is 0 Å². The van der Waals surface area contributed by atoms with Crippen molar-refractivity contribution in [2.75, 3.05) is 0 Å². The van der Waals surface area contributed by atoms with Gasteiger partial charge in [0.25, 0.3) is 0 Å². The van der Waals surface area contributed by atoms with Crippen LogP contribution in [-0.2, 0) is 10.3 Å². The van der Waals surface area contributed by atoms with Crippen molar-refractivity contribution in [1.29, 1.82) is 0 Å². The topological polar surface area (TPSA) is 62.0 Å².